The van der Waals surface area contributed by atoms with Crippen molar-refractivity contribution >= 4 is 23.4 Å². The third-order valence-corrected chi connectivity index (χ3v) is 5.53. The van der Waals surface area contributed by atoms with Crippen LogP contribution in [-0.2, 0) is 18.5 Å². The van der Waals surface area contributed by atoms with Crippen molar-refractivity contribution in [2.24, 2.45) is 0 Å². The standard InChI is InChI=1S/C19H17F3N4OS/c1-27-16-7-5-15(6-8-16)25-9-10-26-17(25)23-24-18(26)28-12-13-3-2-4-14(11-13)19(20,21)22/h2-8,11H,9-10,12H2,1H3. The summed E-state index contributed by atoms with van der Waals surface area (Å²) in [6.45, 7) is 1.48. The molecule has 0 spiro atoms. The van der Waals surface area contributed by atoms with Crippen LogP contribution in [-0.4, -0.2) is 28.4 Å². The van der Waals surface area contributed by atoms with E-state index in [-0.39, 0.29) is 0 Å². The van der Waals surface area contributed by atoms with E-state index in [9.17, 15) is 13.2 Å². The molecule has 3 aromatic rings. The Kier molecular flexibility index (Phi) is 4.92. The minimum atomic E-state index is -4.34. The number of rotatable bonds is 5. The number of ether oxygens (including phenoxy) is 1. The van der Waals surface area contributed by atoms with E-state index in [1.807, 2.05) is 28.8 Å². The number of fused-ring (bicyclic) bond motifs is 1. The molecule has 9 heteroatoms. The Bertz CT molecular complexity index is 972. The molecule has 5 nitrogen and oxygen atoms in total. The summed E-state index contributed by atoms with van der Waals surface area (Å²) in [6, 6.07) is 13.1. The van der Waals surface area contributed by atoms with Gasteiger partial charge >= 0.3 is 6.18 Å². The minimum absolute atomic E-state index is 0.393. The predicted octanol–water partition coefficient (Wildman–Crippen LogP) is 4.75. The zero-order valence-corrected chi connectivity index (χ0v) is 15.8. The third-order valence-electron chi connectivity index (χ3n) is 4.49. The van der Waals surface area contributed by atoms with Crippen molar-refractivity contribution < 1.29 is 17.9 Å². The predicted molar refractivity (Wildman–Crippen MR) is 101 cm³/mol. The summed E-state index contributed by atoms with van der Waals surface area (Å²) in [5.74, 6) is 1.91. The van der Waals surface area contributed by atoms with Crippen LogP contribution in [0.2, 0.25) is 0 Å². The summed E-state index contributed by atoms with van der Waals surface area (Å²) in [5.41, 5.74) is 0.950. The molecular weight excluding hydrogens is 389 g/mol. The van der Waals surface area contributed by atoms with Crippen molar-refractivity contribution in [3.05, 3.63) is 59.7 Å². The molecule has 1 aromatic heterocycles. The molecule has 0 amide bonds. The number of anilines is 2. The molecule has 0 aliphatic carbocycles. The van der Waals surface area contributed by atoms with E-state index in [2.05, 4.69) is 15.1 Å². The van der Waals surface area contributed by atoms with E-state index in [1.54, 1.807) is 13.2 Å². The molecule has 0 radical (unpaired) electrons. The smallest absolute Gasteiger partial charge is 0.416 e. The number of nitrogens with zero attached hydrogens (tertiary/aromatic N) is 4. The van der Waals surface area contributed by atoms with Crippen LogP contribution < -0.4 is 9.64 Å². The molecule has 0 saturated heterocycles. The third kappa shape index (κ3) is 3.66. The van der Waals surface area contributed by atoms with Crippen LogP contribution in [0.15, 0.2) is 53.7 Å². The Balaban J connectivity index is 1.49. The summed E-state index contributed by atoms with van der Waals surface area (Å²) < 4.78 is 45.8. The summed E-state index contributed by atoms with van der Waals surface area (Å²) in [5, 5.41) is 9.19. The van der Waals surface area contributed by atoms with E-state index in [4.69, 9.17) is 4.74 Å². The van der Waals surface area contributed by atoms with Gasteiger partial charge in [0.1, 0.15) is 5.75 Å². The molecule has 4 rings (SSSR count). The molecule has 0 saturated carbocycles. The highest BCUT2D eigenvalue weighted by molar-refractivity contribution is 7.98. The van der Waals surface area contributed by atoms with Crippen molar-refractivity contribution in [1.29, 1.82) is 0 Å². The molecule has 0 bridgehead atoms. The van der Waals surface area contributed by atoms with Crippen LogP contribution in [0.4, 0.5) is 24.8 Å². The lowest BCUT2D eigenvalue weighted by atomic mass is 10.1. The minimum Gasteiger partial charge on any atom is -0.497 e. The Hall–Kier alpha value is -2.68. The quantitative estimate of drug-likeness (QED) is 0.572. The van der Waals surface area contributed by atoms with Gasteiger partial charge in [0.2, 0.25) is 5.95 Å². The highest BCUT2D eigenvalue weighted by Gasteiger charge is 2.30. The number of hydrogen-bond donors (Lipinski definition) is 0. The lowest BCUT2D eigenvalue weighted by Crippen LogP contribution is -2.14. The lowest BCUT2D eigenvalue weighted by Gasteiger charge is -2.15. The van der Waals surface area contributed by atoms with Gasteiger partial charge in [0, 0.05) is 24.5 Å². The highest BCUT2D eigenvalue weighted by atomic mass is 32.2. The number of aromatic nitrogens is 3. The van der Waals surface area contributed by atoms with E-state index in [1.165, 1.54) is 23.9 Å². The zero-order chi connectivity index (χ0) is 19.7. The van der Waals surface area contributed by atoms with Crippen molar-refractivity contribution in [2.45, 2.75) is 23.6 Å². The highest BCUT2D eigenvalue weighted by Crippen LogP contribution is 2.34. The van der Waals surface area contributed by atoms with Gasteiger partial charge in [0.05, 0.1) is 12.7 Å². The number of alkyl halides is 3. The summed E-state index contributed by atoms with van der Waals surface area (Å²) in [7, 11) is 1.62. The van der Waals surface area contributed by atoms with E-state index >= 15 is 0 Å². The van der Waals surface area contributed by atoms with Crippen LogP contribution >= 0.6 is 11.8 Å². The number of hydrogen-bond acceptors (Lipinski definition) is 5. The number of thioether (sulfide) groups is 1. The second-order valence-electron chi connectivity index (χ2n) is 6.27. The van der Waals surface area contributed by atoms with Gasteiger partial charge in [-0.15, -0.1) is 10.2 Å². The molecule has 2 heterocycles. The second kappa shape index (κ2) is 7.38. The van der Waals surface area contributed by atoms with Crippen LogP contribution in [0.25, 0.3) is 0 Å². The van der Waals surface area contributed by atoms with Gasteiger partial charge in [-0.05, 0) is 35.9 Å². The van der Waals surface area contributed by atoms with Crippen LogP contribution in [0.5, 0.6) is 5.75 Å². The van der Waals surface area contributed by atoms with Crippen LogP contribution in [0.3, 0.4) is 0 Å². The molecule has 1 aliphatic rings. The first-order chi connectivity index (χ1) is 13.5. The average molecular weight is 406 g/mol. The maximum absolute atomic E-state index is 12.9. The lowest BCUT2D eigenvalue weighted by molar-refractivity contribution is -0.137. The second-order valence-corrected chi connectivity index (χ2v) is 7.21. The van der Waals surface area contributed by atoms with Crippen molar-refractivity contribution in [2.75, 3.05) is 18.6 Å². The Labute approximate surface area is 164 Å². The van der Waals surface area contributed by atoms with Crippen molar-refractivity contribution in [3.63, 3.8) is 0 Å². The molecule has 1 aliphatic heterocycles. The average Bonchev–Trinajstić information content (AvgIpc) is 3.28. The fraction of sp³-hybridized carbons (Fsp3) is 0.263. The number of benzene rings is 2. The Morgan fingerprint density at radius 2 is 1.86 bits per heavy atom. The normalized spacial score (nSPS) is 13.6. The van der Waals surface area contributed by atoms with Gasteiger partial charge in [0.15, 0.2) is 5.16 Å². The van der Waals surface area contributed by atoms with Crippen molar-refractivity contribution in [3.8, 4) is 5.75 Å². The molecule has 0 unspecified atom stereocenters. The van der Waals surface area contributed by atoms with E-state index in [0.717, 1.165) is 36.5 Å². The first kappa shape index (κ1) is 18.7. The van der Waals surface area contributed by atoms with Gasteiger partial charge in [-0.25, -0.2) is 0 Å². The number of halogens is 3. The molecule has 146 valence electrons. The Morgan fingerprint density at radius 3 is 2.57 bits per heavy atom. The SMILES string of the molecule is COc1ccc(N2CCn3c(SCc4cccc(C(F)(F)F)c4)nnc32)cc1. The largest absolute Gasteiger partial charge is 0.497 e. The maximum Gasteiger partial charge on any atom is 0.416 e. The topological polar surface area (TPSA) is 43.2 Å². The first-order valence-electron chi connectivity index (χ1n) is 8.59. The molecule has 0 fully saturated rings. The summed E-state index contributed by atoms with van der Waals surface area (Å²) in [6.07, 6.45) is -4.34. The van der Waals surface area contributed by atoms with Crippen molar-refractivity contribution in [1.82, 2.24) is 14.8 Å². The molecule has 28 heavy (non-hydrogen) atoms. The van der Waals surface area contributed by atoms with Gasteiger partial charge in [0.25, 0.3) is 0 Å². The van der Waals surface area contributed by atoms with Crippen LogP contribution in [0.1, 0.15) is 11.1 Å². The Morgan fingerprint density at radius 1 is 1.07 bits per heavy atom. The van der Waals surface area contributed by atoms with Gasteiger partial charge in [-0.1, -0.05) is 30.0 Å². The van der Waals surface area contributed by atoms with Gasteiger partial charge in [-0.3, -0.25) is 4.57 Å². The van der Waals surface area contributed by atoms with Gasteiger partial charge < -0.3 is 9.64 Å². The van der Waals surface area contributed by atoms with E-state index < -0.39 is 11.7 Å². The molecule has 0 N–H and O–H groups in total. The number of methoxy groups -OCH3 is 1. The maximum atomic E-state index is 12.9. The fourth-order valence-electron chi connectivity index (χ4n) is 3.08. The van der Waals surface area contributed by atoms with E-state index in [0.29, 0.717) is 16.5 Å². The van der Waals surface area contributed by atoms with Gasteiger partial charge in [-0.2, -0.15) is 13.2 Å². The summed E-state index contributed by atoms with van der Waals surface area (Å²) >= 11 is 1.38. The monoisotopic (exact) mass is 406 g/mol. The summed E-state index contributed by atoms with van der Waals surface area (Å²) in [4.78, 5) is 2.06. The first-order valence-corrected chi connectivity index (χ1v) is 9.58. The fourth-order valence-corrected chi connectivity index (χ4v) is 3.98. The zero-order valence-electron chi connectivity index (χ0n) is 15.0. The molecule has 2 aromatic carbocycles. The molecular formula is C19H17F3N4OS. The van der Waals surface area contributed by atoms with Crippen LogP contribution in [0, 0.1) is 0 Å². The molecule has 0 atom stereocenters.